The number of amides is 2. The number of carbonyl (C=O) groups excluding carboxylic acids is 1. The SMILES string of the molecule is Cc1ncc(CNC(=O)NCC2(N3CCOCC3)CCSC2)s1. The van der Waals surface area contributed by atoms with Crippen LogP contribution in [-0.4, -0.2) is 65.8 Å². The summed E-state index contributed by atoms with van der Waals surface area (Å²) >= 11 is 3.59. The minimum absolute atomic E-state index is 0.0901. The lowest BCUT2D eigenvalue weighted by atomic mass is 9.95. The van der Waals surface area contributed by atoms with Crippen LogP contribution in [0.1, 0.15) is 16.3 Å². The van der Waals surface area contributed by atoms with Gasteiger partial charge in [0.15, 0.2) is 0 Å². The van der Waals surface area contributed by atoms with Gasteiger partial charge in [-0.05, 0) is 19.1 Å². The van der Waals surface area contributed by atoms with E-state index in [1.807, 2.05) is 24.9 Å². The van der Waals surface area contributed by atoms with Gasteiger partial charge in [-0.3, -0.25) is 4.90 Å². The van der Waals surface area contributed by atoms with E-state index in [1.165, 1.54) is 5.75 Å². The molecule has 2 amide bonds. The molecule has 128 valence electrons. The molecule has 0 aromatic carbocycles. The number of urea groups is 1. The first-order valence-electron chi connectivity index (χ1n) is 8.01. The first-order chi connectivity index (χ1) is 11.2. The summed E-state index contributed by atoms with van der Waals surface area (Å²) in [6, 6.07) is -0.0967. The Morgan fingerprint density at radius 1 is 1.43 bits per heavy atom. The number of thioether (sulfide) groups is 1. The molecule has 23 heavy (non-hydrogen) atoms. The van der Waals surface area contributed by atoms with Crippen molar-refractivity contribution in [2.24, 2.45) is 0 Å². The second-order valence-electron chi connectivity index (χ2n) is 6.01. The minimum Gasteiger partial charge on any atom is -0.379 e. The zero-order chi connectivity index (χ0) is 16.1. The van der Waals surface area contributed by atoms with Crippen molar-refractivity contribution in [1.29, 1.82) is 0 Å². The van der Waals surface area contributed by atoms with Gasteiger partial charge in [0.1, 0.15) is 0 Å². The zero-order valence-corrected chi connectivity index (χ0v) is 15.1. The minimum atomic E-state index is -0.0967. The molecule has 3 rings (SSSR count). The number of nitrogens with one attached hydrogen (secondary N) is 2. The van der Waals surface area contributed by atoms with E-state index in [9.17, 15) is 4.79 Å². The van der Waals surface area contributed by atoms with E-state index in [1.54, 1.807) is 11.3 Å². The van der Waals surface area contributed by atoms with Crippen LogP contribution in [0, 0.1) is 6.92 Å². The Balaban J connectivity index is 1.49. The third kappa shape index (κ3) is 4.37. The second kappa shape index (κ2) is 7.83. The topological polar surface area (TPSA) is 66.5 Å². The first-order valence-corrected chi connectivity index (χ1v) is 9.99. The summed E-state index contributed by atoms with van der Waals surface area (Å²) in [5.41, 5.74) is 0.0901. The Bertz CT molecular complexity index is 525. The normalized spacial score (nSPS) is 25.4. The zero-order valence-electron chi connectivity index (χ0n) is 13.5. The highest BCUT2D eigenvalue weighted by atomic mass is 32.2. The molecule has 1 unspecified atom stereocenters. The Morgan fingerprint density at radius 2 is 2.26 bits per heavy atom. The third-order valence-corrected chi connectivity index (χ3v) is 6.58. The predicted octanol–water partition coefficient (Wildman–Crippen LogP) is 1.46. The number of hydrogen-bond donors (Lipinski definition) is 2. The molecule has 0 radical (unpaired) electrons. The summed E-state index contributed by atoms with van der Waals surface area (Å²) in [4.78, 5) is 19.9. The van der Waals surface area contributed by atoms with Crippen LogP contribution in [0.5, 0.6) is 0 Å². The van der Waals surface area contributed by atoms with E-state index in [-0.39, 0.29) is 11.6 Å². The molecule has 2 fully saturated rings. The lowest BCUT2D eigenvalue weighted by molar-refractivity contribution is -0.0124. The average molecular weight is 357 g/mol. The summed E-state index contributed by atoms with van der Waals surface area (Å²) < 4.78 is 5.47. The maximum atomic E-state index is 12.1. The number of nitrogens with zero attached hydrogens (tertiary/aromatic N) is 2. The standard InChI is InChI=1S/C15H24N4O2S2/c1-12-16-8-13(23-12)9-17-14(20)18-10-15(2-7-22-11-15)19-3-5-21-6-4-19/h8H,2-7,9-11H2,1H3,(H2,17,18,20). The van der Waals surface area contributed by atoms with Crippen LogP contribution in [0.4, 0.5) is 4.79 Å². The summed E-state index contributed by atoms with van der Waals surface area (Å²) in [6.07, 6.45) is 2.95. The van der Waals surface area contributed by atoms with E-state index in [2.05, 4.69) is 20.5 Å². The van der Waals surface area contributed by atoms with Crippen molar-refractivity contribution >= 4 is 29.1 Å². The maximum Gasteiger partial charge on any atom is 0.315 e. The molecule has 2 N–H and O–H groups in total. The molecular weight excluding hydrogens is 332 g/mol. The monoisotopic (exact) mass is 356 g/mol. The molecule has 0 bridgehead atoms. The average Bonchev–Trinajstić information content (AvgIpc) is 3.22. The fourth-order valence-electron chi connectivity index (χ4n) is 3.10. The van der Waals surface area contributed by atoms with Gasteiger partial charge < -0.3 is 15.4 Å². The predicted molar refractivity (Wildman–Crippen MR) is 94.2 cm³/mol. The number of carbonyl (C=O) groups is 1. The molecule has 3 heterocycles. The van der Waals surface area contributed by atoms with Gasteiger partial charge in [-0.1, -0.05) is 0 Å². The second-order valence-corrected chi connectivity index (χ2v) is 8.43. The number of thiazole rings is 1. The van der Waals surface area contributed by atoms with Crippen molar-refractivity contribution in [3.8, 4) is 0 Å². The van der Waals surface area contributed by atoms with E-state index in [0.29, 0.717) is 13.1 Å². The van der Waals surface area contributed by atoms with Gasteiger partial charge >= 0.3 is 6.03 Å². The number of hydrogen-bond acceptors (Lipinski definition) is 6. The van der Waals surface area contributed by atoms with E-state index in [0.717, 1.165) is 48.4 Å². The van der Waals surface area contributed by atoms with Crippen LogP contribution in [0.3, 0.4) is 0 Å². The Morgan fingerprint density at radius 3 is 2.91 bits per heavy atom. The van der Waals surface area contributed by atoms with Gasteiger partial charge in [0.25, 0.3) is 0 Å². The van der Waals surface area contributed by atoms with Gasteiger partial charge in [0.2, 0.25) is 0 Å². The highest BCUT2D eigenvalue weighted by molar-refractivity contribution is 7.99. The summed E-state index contributed by atoms with van der Waals surface area (Å²) in [6.45, 7) is 6.73. The van der Waals surface area contributed by atoms with Crippen LogP contribution in [0.2, 0.25) is 0 Å². The van der Waals surface area contributed by atoms with Crippen molar-refractivity contribution in [2.45, 2.75) is 25.4 Å². The molecule has 0 aliphatic carbocycles. The van der Waals surface area contributed by atoms with Crippen LogP contribution in [0.15, 0.2) is 6.20 Å². The first kappa shape index (κ1) is 17.0. The molecule has 1 aromatic rings. The Labute approximate surface area is 145 Å². The summed E-state index contributed by atoms with van der Waals surface area (Å²) in [5.74, 6) is 2.25. The summed E-state index contributed by atoms with van der Waals surface area (Å²) in [7, 11) is 0. The van der Waals surface area contributed by atoms with Crippen LogP contribution >= 0.6 is 23.1 Å². The smallest absolute Gasteiger partial charge is 0.315 e. The number of morpholine rings is 1. The van der Waals surface area contributed by atoms with Gasteiger partial charge in [-0.15, -0.1) is 11.3 Å². The molecule has 0 saturated carbocycles. The molecule has 2 saturated heterocycles. The van der Waals surface area contributed by atoms with Crippen molar-refractivity contribution in [2.75, 3.05) is 44.4 Å². The maximum absolute atomic E-state index is 12.1. The quantitative estimate of drug-likeness (QED) is 0.836. The fourth-order valence-corrected chi connectivity index (χ4v) is 5.31. The van der Waals surface area contributed by atoms with Gasteiger partial charge in [0, 0.05) is 42.0 Å². The Hall–Kier alpha value is -0.830. The third-order valence-electron chi connectivity index (χ3n) is 4.43. The largest absolute Gasteiger partial charge is 0.379 e. The van der Waals surface area contributed by atoms with Crippen LogP contribution < -0.4 is 10.6 Å². The highest BCUT2D eigenvalue weighted by Gasteiger charge is 2.40. The van der Waals surface area contributed by atoms with Crippen molar-refractivity contribution in [3.63, 3.8) is 0 Å². The van der Waals surface area contributed by atoms with Gasteiger partial charge in [-0.25, -0.2) is 9.78 Å². The molecule has 8 heteroatoms. The van der Waals surface area contributed by atoms with E-state index < -0.39 is 0 Å². The van der Waals surface area contributed by atoms with Gasteiger partial charge in [0.05, 0.1) is 24.8 Å². The van der Waals surface area contributed by atoms with E-state index >= 15 is 0 Å². The number of rotatable bonds is 5. The summed E-state index contributed by atoms with van der Waals surface area (Å²) in [5, 5.41) is 7.03. The van der Waals surface area contributed by atoms with Crippen molar-refractivity contribution in [1.82, 2.24) is 20.5 Å². The molecule has 6 nitrogen and oxygen atoms in total. The van der Waals surface area contributed by atoms with Crippen molar-refractivity contribution < 1.29 is 9.53 Å². The van der Waals surface area contributed by atoms with Crippen LogP contribution in [0.25, 0.3) is 0 Å². The Kier molecular flexibility index (Phi) is 5.79. The number of aryl methyl sites for hydroxylation is 1. The van der Waals surface area contributed by atoms with Crippen molar-refractivity contribution in [3.05, 3.63) is 16.1 Å². The fraction of sp³-hybridized carbons (Fsp3) is 0.733. The number of aromatic nitrogens is 1. The van der Waals surface area contributed by atoms with Crippen LogP contribution in [-0.2, 0) is 11.3 Å². The molecule has 1 aromatic heterocycles. The lowest BCUT2D eigenvalue weighted by Crippen LogP contribution is -2.59. The molecule has 0 spiro atoms. The van der Waals surface area contributed by atoms with Gasteiger partial charge in [-0.2, -0.15) is 11.8 Å². The molecule has 1 atom stereocenters. The molecule has 2 aliphatic heterocycles. The molecule has 2 aliphatic rings. The number of ether oxygens (including phenoxy) is 1. The highest BCUT2D eigenvalue weighted by Crippen LogP contribution is 2.33. The van der Waals surface area contributed by atoms with E-state index in [4.69, 9.17) is 4.74 Å². The molecular formula is C15H24N4O2S2. The lowest BCUT2D eigenvalue weighted by Gasteiger charge is -2.43.